The third-order valence-corrected chi connectivity index (χ3v) is 4.60. The first-order valence-corrected chi connectivity index (χ1v) is 8.90. The quantitative estimate of drug-likeness (QED) is 0.388. The van der Waals surface area contributed by atoms with Crippen LogP contribution in [-0.2, 0) is 19.1 Å². The normalized spacial score (nSPS) is 12.1. The third kappa shape index (κ3) is 6.17. The van der Waals surface area contributed by atoms with Crippen molar-refractivity contribution in [3.8, 4) is 0 Å². The summed E-state index contributed by atoms with van der Waals surface area (Å²) in [6.07, 6.45) is -2.39. The van der Waals surface area contributed by atoms with Crippen molar-refractivity contribution in [3.05, 3.63) is 39.8 Å². The second-order valence-electron chi connectivity index (χ2n) is 5.26. The number of thiophene rings is 1. The molecular weight excluding hydrogens is 365 g/mol. The summed E-state index contributed by atoms with van der Waals surface area (Å²) in [5.74, 6) is 0.554. The van der Waals surface area contributed by atoms with Crippen molar-refractivity contribution >= 4 is 23.2 Å². The van der Waals surface area contributed by atoms with Gasteiger partial charge in [0.2, 0.25) is 5.95 Å². The number of hydrogen-bond acceptors (Lipinski definition) is 5. The zero-order valence-electron chi connectivity index (χ0n) is 14.5. The van der Waals surface area contributed by atoms with E-state index in [4.69, 9.17) is 0 Å². The lowest BCUT2D eigenvalue weighted by molar-refractivity contribution is -0.141. The molecule has 0 fully saturated rings. The summed E-state index contributed by atoms with van der Waals surface area (Å²) >= 11 is 1.75. The van der Waals surface area contributed by atoms with Crippen LogP contribution in [0.5, 0.6) is 0 Å². The molecule has 0 aromatic carbocycles. The van der Waals surface area contributed by atoms with Crippen molar-refractivity contribution in [1.29, 1.82) is 0 Å². The van der Waals surface area contributed by atoms with Crippen molar-refractivity contribution in [2.45, 2.75) is 26.1 Å². The minimum absolute atomic E-state index is 0.0600. The van der Waals surface area contributed by atoms with Crippen LogP contribution in [0.4, 0.5) is 19.1 Å². The Bertz CT molecular complexity index is 729. The van der Waals surface area contributed by atoms with Crippen molar-refractivity contribution in [1.82, 2.24) is 20.6 Å². The van der Waals surface area contributed by atoms with Crippen LogP contribution in [-0.4, -0.2) is 36.1 Å². The van der Waals surface area contributed by atoms with Crippen LogP contribution in [0.2, 0.25) is 0 Å². The molecular formula is C16H21F3N6S. The highest BCUT2D eigenvalue weighted by atomic mass is 32.1. The summed E-state index contributed by atoms with van der Waals surface area (Å²) in [5, 5.41) is 9.03. The fourth-order valence-corrected chi connectivity index (χ4v) is 2.95. The van der Waals surface area contributed by atoms with Crippen molar-refractivity contribution in [2.24, 2.45) is 4.99 Å². The molecule has 0 saturated carbocycles. The highest BCUT2D eigenvalue weighted by Crippen LogP contribution is 2.27. The average molecular weight is 386 g/mol. The molecule has 2 aromatic rings. The number of nitrogens with one attached hydrogen (secondary N) is 3. The van der Waals surface area contributed by atoms with E-state index in [1.165, 1.54) is 9.75 Å². The lowest BCUT2D eigenvalue weighted by Gasteiger charge is -2.12. The van der Waals surface area contributed by atoms with E-state index in [0.29, 0.717) is 25.6 Å². The van der Waals surface area contributed by atoms with Gasteiger partial charge >= 0.3 is 6.18 Å². The molecule has 0 bridgehead atoms. The van der Waals surface area contributed by atoms with Gasteiger partial charge in [0.05, 0.1) is 6.54 Å². The van der Waals surface area contributed by atoms with E-state index in [1.807, 2.05) is 0 Å². The lowest BCUT2D eigenvalue weighted by Crippen LogP contribution is -2.39. The largest absolute Gasteiger partial charge is 0.433 e. The number of hydrogen-bond donors (Lipinski definition) is 3. The molecule has 0 atom stereocenters. The van der Waals surface area contributed by atoms with Gasteiger partial charge in [0.15, 0.2) is 5.96 Å². The van der Waals surface area contributed by atoms with Crippen LogP contribution in [0.25, 0.3) is 0 Å². The van der Waals surface area contributed by atoms with Crippen LogP contribution < -0.4 is 16.0 Å². The Balaban J connectivity index is 1.74. The maximum atomic E-state index is 12.6. The predicted octanol–water partition coefficient (Wildman–Crippen LogP) is 2.90. The number of aryl methyl sites for hydroxylation is 1. The molecule has 6 nitrogen and oxygen atoms in total. The summed E-state index contributed by atoms with van der Waals surface area (Å²) in [5.41, 5.74) is -0.970. The number of rotatable bonds is 7. The van der Waals surface area contributed by atoms with E-state index in [-0.39, 0.29) is 5.95 Å². The van der Waals surface area contributed by atoms with Gasteiger partial charge in [0.25, 0.3) is 0 Å². The molecule has 0 aliphatic carbocycles. The van der Waals surface area contributed by atoms with Gasteiger partial charge in [-0.25, -0.2) is 9.97 Å². The first kappa shape index (κ1) is 20.0. The summed E-state index contributed by atoms with van der Waals surface area (Å²) in [6.45, 7) is 3.57. The van der Waals surface area contributed by atoms with E-state index in [9.17, 15) is 13.2 Å². The monoisotopic (exact) mass is 386 g/mol. The van der Waals surface area contributed by atoms with Gasteiger partial charge in [0.1, 0.15) is 5.69 Å². The highest BCUT2D eigenvalue weighted by molar-refractivity contribution is 7.11. The van der Waals surface area contributed by atoms with Gasteiger partial charge in [-0.2, -0.15) is 13.2 Å². The number of aliphatic imine (C=N–C) groups is 1. The molecule has 0 saturated heterocycles. The Labute approximate surface area is 154 Å². The first-order chi connectivity index (χ1) is 12.4. The maximum absolute atomic E-state index is 12.6. The second kappa shape index (κ2) is 9.37. The average Bonchev–Trinajstić information content (AvgIpc) is 3.09. The standard InChI is InChI=1S/C16H21F3N6S/c1-3-11-4-5-12(26-11)10-24-14(20-2)22-8-9-23-15-21-7-6-13(25-15)16(17,18)19/h4-7H,3,8-10H2,1-2H3,(H2,20,22,24)(H,21,23,25). The van der Waals surface area contributed by atoms with E-state index < -0.39 is 11.9 Å². The summed E-state index contributed by atoms with van der Waals surface area (Å²) in [4.78, 5) is 13.9. The molecule has 0 aliphatic rings. The SMILES string of the molecule is CCc1ccc(CNC(=NC)NCCNc2nccc(C(F)(F)F)n2)s1. The molecule has 0 amide bonds. The summed E-state index contributed by atoms with van der Waals surface area (Å²) in [7, 11) is 1.66. The summed E-state index contributed by atoms with van der Waals surface area (Å²) in [6, 6.07) is 5.02. The van der Waals surface area contributed by atoms with E-state index in [0.717, 1.165) is 18.7 Å². The molecule has 2 rings (SSSR count). The smallest absolute Gasteiger partial charge is 0.355 e. The van der Waals surface area contributed by atoms with E-state index in [2.05, 4.69) is 50.0 Å². The molecule has 3 N–H and O–H groups in total. The van der Waals surface area contributed by atoms with Crippen molar-refractivity contribution in [2.75, 3.05) is 25.5 Å². The fraction of sp³-hybridized carbons (Fsp3) is 0.438. The highest BCUT2D eigenvalue weighted by Gasteiger charge is 2.32. The lowest BCUT2D eigenvalue weighted by atomic mass is 10.4. The third-order valence-electron chi connectivity index (χ3n) is 3.37. The van der Waals surface area contributed by atoms with Crippen LogP contribution in [0.15, 0.2) is 29.4 Å². The zero-order chi connectivity index (χ0) is 19.0. The number of aromatic nitrogens is 2. The number of anilines is 1. The first-order valence-electron chi connectivity index (χ1n) is 8.08. The predicted molar refractivity (Wildman–Crippen MR) is 97.4 cm³/mol. The topological polar surface area (TPSA) is 74.2 Å². The Morgan fingerprint density at radius 2 is 1.92 bits per heavy atom. The molecule has 0 aliphatic heterocycles. The Morgan fingerprint density at radius 3 is 2.58 bits per heavy atom. The van der Waals surface area contributed by atoms with Gasteiger partial charge in [-0.1, -0.05) is 6.92 Å². The Morgan fingerprint density at radius 1 is 1.15 bits per heavy atom. The van der Waals surface area contributed by atoms with Gasteiger partial charge in [-0.05, 0) is 24.6 Å². The minimum atomic E-state index is -4.48. The molecule has 0 unspecified atom stereocenters. The number of nitrogens with zero attached hydrogens (tertiary/aromatic N) is 3. The van der Waals surface area contributed by atoms with E-state index >= 15 is 0 Å². The van der Waals surface area contributed by atoms with Crippen molar-refractivity contribution < 1.29 is 13.2 Å². The Hall–Kier alpha value is -2.36. The Kier molecular flexibility index (Phi) is 7.19. The molecule has 0 radical (unpaired) electrons. The fourth-order valence-electron chi connectivity index (χ4n) is 2.06. The van der Waals surface area contributed by atoms with Gasteiger partial charge in [-0.15, -0.1) is 11.3 Å². The zero-order valence-corrected chi connectivity index (χ0v) is 15.3. The van der Waals surface area contributed by atoms with Gasteiger partial charge in [0, 0.05) is 36.1 Å². The van der Waals surface area contributed by atoms with Gasteiger partial charge < -0.3 is 16.0 Å². The molecule has 2 aromatic heterocycles. The molecule has 10 heteroatoms. The number of halogens is 3. The van der Waals surface area contributed by atoms with Gasteiger partial charge in [-0.3, -0.25) is 4.99 Å². The van der Waals surface area contributed by atoms with Crippen LogP contribution >= 0.6 is 11.3 Å². The molecule has 0 spiro atoms. The van der Waals surface area contributed by atoms with Crippen molar-refractivity contribution in [3.63, 3.8) is 0 Å². The van der Waals surface area contributed by atoms with Crippen LogP contribution in [0, 0.1) is 0 Å². The van der Waals surface area contributed by atoms with Crippen LogP contribution in [0.3, 0.4) is 0 Å². The summed E-state index contributed by atoms with van der Waals surface area (Å²) < 4.78 is 37.8. The van der Waals surface area contributed by atoms with E-state index in [1.54, 1.807) is 18.4 Å². The molecule has 2 heterocycles. The maximum Gasteiger partial charge on any atom is 0.433 e. The second-order valence-corrected chi connectivity index (χ2v) is 6.52. The molecule has 26 heavy (non-hydrogen) atoms. The molecule has 142 valence electrons. The minimum Gasteiger partial charge on any atom is -0.355 e. The number of guanidine groups is 1. The van der Waals surface area contributed by atoms with Crippen LogP contribution in [0.1, 0.15) is 22.4 Å². The number of alkyl halides is 3.